The van der Waals surface area contributed by atoms with Crippen molar-refractivity contribution in [3.63, 3.8) is 0 Å². The minimum atomic E-state index is -4.44. The summed E-state index contributed by atoms with van der Waals surface area (Å²) < 4.78 is 52.6. The number of fused-ring (bicyclic) bond motifs is 2. The van der Waals surface area contributed by atoms with E-state index in [0.717, 1.165) is 69.8 Å². The molecule has 2 aromatic rings. The number of halogens is 3. The first-order valence-corrected chi connectivity index (χ1v) is 14.7. The van der Waals surface area contributed by atoms with E-state index >= 15 is 0 Å². The van der Waals surface area contributed by atoms with Gasteiger partial charge in [-0.3, -0.25) is 14.7 Å². The summed E-state index contributed by atoms with van der Waals surface area (Å²) in [7, 11) is 0. The van der Waals surface area contributed by atoms with E-state index in [9.17, 15) is 18.0 Å². The van der Waals surface area contributed by atoms with Crippen LogP contribution in [0.4, 0.5) is 13.2 Å². The molecule has 4 heterocycles. The maximum atomic E-state index is 14.1. The Morgan fingerprint density at radius 2 is 1.88 bits per heavy atom. The third kappa shape index (κ3) is 4.54. The molecule has 2 saturated heterocycles. The number of alkyl halides is 3. The predicted molar refractivity (Wildman–Crippen MR) is 141 cm³/mol. The lowest BCUT2D eigenvalue weighted by Crippen LogP contribution is -2.49. The number of amides is 1. The zero-order valence-electron chi connectivity index (χ0n) is 22.7. The van der Waals surface area contributed by atoms with Crippen molar-refractivity contribution in [3.05, 3.63) is 65.0 Å². The number of benzene rings is 1. The summed E-state index contributed by atoms with van der Waals surface area (Å²) in [5.74, 6) is -0.0469. The lowest BCUT2D eigenvalue weighted by molar-refractivity contribution is -0.198. The van der Waals surface area contributed by atoms with Gasteiger partial charge in [-0.2, -0.15) is 13.2 Å². The van der Waals surface area contributed by atoms with Gasteiger partial charge < -0.3 is 14.4 Å². The quantitative estimate of drug-likeness (QED) is 0.500. The van der Waals surface area contributed by atoms with Crippen LogP contribution in [0.3, 0.4) is 0 Å². The first-order chi connectivity index (χ1) is 19.2. The van der Waals surface area contributed by atoms with E-state index in [4.69, 9.17) is 9.47 Å². The van der Waals surface area contributed by atoms with Crippen molar-refractivity contribution in [3.8, 4) is 0 Å². The molecular formula is C31H36F3N3O3. The molecule has 1 aromatic heterocycles. The van der Waals surface area contributed by atoms with E-state index in [0.29, 0.717) is 42.8 Å². The van der Waals surface area contributed by atoms with Crippen LogP contribution in [0.1, 0.15) is 73.4 Å². The summed E-state index contributed by atoms with van der Waals surface area (Å²) in [5, 5.41) is 0. The van der Waals surface area contributed by atoms with E-state index in [2.05, 4.69) is 22.0 Å². The molecule has 2 aliphatic carbocycles. The standard InChI is InChI=1S/C31H36F3N3O3/c32-31(33,34)24-15-22-19-37(12-8-26(22)35-18-24)28(38)29-9-4-7-23(29)16-25(17-29)36-13-10-30(11-14-36)39-20-27(40-30)21-5-2-1-3-6-21/h1-3,5-6,15,18,23,25,27H,4,7-14,16-17,19-20H2/t23-,25+,27?,29-/m1/s1. The van der Waals surface area contributed by atoms with Gasteiger partial charge >= 0.3 is 6.18 Å². The average Bonchev–Trinajstić information content (AvgIpc) is 3.66. The number of hydrogen-bond acceptors (Lipinski definition) is 5. The second-order valence-corrected chi connectivity index (χ2v) is 12.4. The van der Waals surface area contributed by atoms with Crippen LogP contribution in [0, 0.1) is 11.3 Å². The highest BCUT2D eigenvalue weighted by atomic mass is 19.4. The number of pyridine rings is 1. The fourth-order valence-electron chi connectivity index (χ4n) is 8.18. The van der Waals surface area contributed by atoms with Gasteiger partial charge in [-0.1, -0.05) is 36.8 Å². The fourth-order valence-corrected chi connectivity index (χ4v) is 8.18. The van der Waals surface area contributed by atoms with Crippen LogP contribution in [-0.2, 0) is 33.4 Å². The number of nitrogens with zero attached hydrogens (tertiary/aromatic N) is 3. The van der Waals surface area contributed by atoms with Gasteiger partial charge in [0.05, 0.1) is 17.6 Å². The first-order valence-electron chi connectivity index (χ1n) is 14.7. The highest BCUT2D eigenvalue weighted by Crippen LogP contribution is 2.57. The molecule has 4 atom stereocenters. The maximum absolute atomic E-state index is 14.1. The van der Waals surface area contributed by atoms with Crippen molar-refractivity contribution < 1.29 is 27.4 Å². The van der Waals surface area contributed by atoms with Gasteiger partial charge in [-0.15, -0.1) is 0 Å². The molecule has 3 aliphatic heterocycles. The Bertz CT molecular complexity index is 1260. The molecule has 1 spiro atoms. The van der Waals surface area contributed by atoms with Gasteiger partial charge in [0.2, 0.25) is 5.91 Å². The Morgan fingerprint density at radius 3 is 2.65 bits per heavy atom. The number of aromatic nitrogens is 1. The summed E-state index contributed by atoms with van der Waals surface area (Å²) in [6.45, 7) is 3.07. The van der Waals surface area contributed by atoms with Gasteiger partial charge in [-0.05, 0) is 48.8 Å². The van der Waals surface area contributed by atoms with Gasteiger partial charge in [0, 0.05) is 63.4 Å². The molecule has 1 unspecified atom stereocenters. The van der Waals surface area contributed by atoms with Crippen molar-refractivity contribution in [2.75, 3.05) is 26.2 Å². The number of carbonyl (C=O) groups is 1. The monoisotopic (exact) mass is 555 g/mol. The summed E-state index contributed by atoms with van der Waals surface area (Å²) in [4.78, 5) is 22.6. The predicted octanol–water partition coefficient (Wildman–Crippen LogP) is 5.51. The van der Waals surface area contributed by atoms with Crippen LogP contribution < -0.4 is 0 Å². The van der Waals surface area contributed by atoms with Gasteiger partial charge in [-0.25, -0.2) is 0 Å². The topological polar surface area (TPSA) is 54.9 Å². The van der Waals surface area contributed by atoms with Crippen molar-refractivity contribution in [2.45, 2.75) is 82.0 Å². The van der Waals surface area contributed by atoms with Gasteiger partial charge in [0.1, 0.15) is 6.10 Å². The Balaban J connectivity index is 1.01. The molecule has 7 rings (SSSR count). The van der Waals surface area contributed by atoms with E-state index in [1.54, 1.807) is 0 Å². The molecule has 1 amide bonds. The normalized spacial score (nSPS) is 31.9. The molecule has 6 nitrogen and oxygen atoms in total. The van der Waals surface area contributed by atoms with Crippen molar-refractivity contribution in [2.24, 2.45) is 11.3 Å². The summed E-state index contributed by atoms with van der Waals surface area (Å²) in [6, 6.07) is 11.8. The number of carbonyl (C=O) groups excluding carboxylic acids is 1. The van der Waals surface area contributed by atoms with Crippen LogP contribution in [-0.4, -0.2) is 58.8 Å². The van der Waals surface area contributed by atoms with E-state index in [1.807, 2.05) is 23.1 Å². The van der Waals surface area contributed by atoms with Crippen molar-refractivity contribution in [1.82, 2.24) is 14.8 Å². The van der Waals surface area contributed by atoms with E-state index in [-0.39, 0.29) is 18.6 Å². The number of hydrogen-bond donors (Lipinski definition) is 0. The molecule has 9 heteroatoms. The van der Waals surface area contributed by atoms with Crippen LogP contribution >= 0.6 is 0 Å². The number of rotatable bonds is 3. The lowest BCUT2D eigenvalue weighted by atomic mass is 9.78. The second-order valence-electron chi connectivity index (χ2n) is 12.4. The minimum Gasteiger partial charge on any atom is -0.347 e. The summed E-state index contributed by atoms with van der Waals surface area (Å²) >= 11 is 0. The molecule has 40 heavy (non-hydrogen) atoms. The second kappa shape index (κ2) is 9.81. The molecule has 2 saturated carbocycles. The highest BCUT2D eigenvalue weighted by molar-refractivity contribution is 5.84. The molecule has 4 fully saturated rings. The Labute approximate surface area is 232 Å². The Kier molecular flexibility index (Phi) is 6.48. The molecule has 0 radical (unpaired) electrons. The first kappa shape index (κ1) is 26.4. The van der Waals surface area contributed by atoms with Gasteiger partial charge in [0.15, 0.2) is 5.79 Å². The molecule has 0 bridgehead atoms. The fraction of sp³-hybridized carbons (Fsp3) is 0.613. The third-order valence-corrected chi connectivity index (χ3v) is 10.3. The zero-order valence-corrected chi connectivity index (χ0v) is 22.7. The maximum Gasteiger partial charge on any atom is 0.417 e. The zero-order chi connectivity index (χ0) is 27.5. The van der Waals surface area contributed by atoms with Crippen LogP contribution in [0.2, 0.25) is 0 Å². The van der Waals surface area contributed by atoms with Gasteiger partial charge in [0.25, 0.3) is 0 Å². The van der Waals surface area contributed by atoms with Crippen molar-refractivity contribution >= 4 is 5.91 Å². The largest absolute Gasteiger partial charge is 0.417 e. The van der Waals surface area contributed by atoms with Crippen LogP contribution in [0.5, 0.6) is 0 Å². The molecular weight excluding hydrogens is 519 g/mol. The molecule has 5 aliphatic rings. The number of likely N-dealkylation sites (tertiary alicyclic amines) is 1. The minimum absolute atomic E-state index is 0.0310. The van der Waals surface area contributed by atoms with Crippen LogP contribution in [0.15, 0.2) is 42.6 Å². The van der Waals surface area contributed by atoms with E-state index in [1.165, 1.54) is 6.07 Å². The molecule has 1 aromatic carbocycles. The van der Waals surface area contributed by atoms with Crippen LogP contribution in [0.25, 0.3) is 0 Å². The summed E-state index contributed by atoms with van der Waals surface area (Å²) in [5.41, 5.74) is 1.21. The Hall–Kier alpha value is -2.49. The third-order valence-electron chi connectivity index (χ3n) is 10.3. The molecule has 214 valence electrons. The molecule has 0 N–H and O–H groups in total. The van der Waals surface area contributed by atoms with E-state index < -0.39 is 22.9 Å². The smallest absolute Gasteiger partial charge is 0.347 e. The average molecular weight is 556 g/mol. The SMILES string of the molecule is O=C(N1CCc2ncc(C(F)(F)F)cc2C1)[C@@]12CCC[C@@H]1C[C@H](N1CCC3(CC1)OCC(c1ccccc1)O3)C2. The summed E-state index contributed by atoms with van der Waals surface area (Å²) in [6.07, 6.45) is 3.39. The highest BCUT2D eigenvalue weighted by Gasteiger charge is 2.58. The van der Waals surface area contributed by atoms with Crippen molar-refractivity contribution in [1.29, 1.82) is 0 Å². The Morgan fingerprint density at radius 1 is 1.07 bits per heavy atom. The number of ether oxygens (including phenoxy) is 2. The number of piperidine rings is 1. The lowest BCUT2D eigenvalue weighted by Gasteiger charge is -2.41.